The Balaban J connectivity index is 1.60. The van der Waals surface area contributed by atoms with Gasteiger partial charge in [0.1, 0.15) is 22.6 Å². The number of nitrogens with one attached hydrogen (secondary N) is 1. The SMILES string of the molecule is Cc1cccc2nc(CNc3cc(Cl)nc(C4CC4)n3)n(C)c12. The smallest absolute Gasteiger partial charge is 0.135 e. The number of aromatic nitrogens is 4. The van der Waals surface area contributed by atoms with Gasteiger partial charge in [-0.15, -0.1) is 0 Å². The minimum absolute atomic E-state index is 0.479. The van der Waals surface area contributed by atoms with E-state index in [9.17, 15) is 0 Å². The molecule has 3 aromatic rings. The van der Waals surface area contributed by atoms with Gasteiger partial charge < -0.3 is 9.88 Å². The highest BCUT2D eigenvalue weighted by molar-refractivity contribution is 6.29. The molecule has 1 aliphatic rings. The van der Waals surface area contributed by atoms with E-state index >= 15 is 0 Å². The number of halogens is 1. The van der Waals surface area contributed by atoms with E-state index in [0.29, 0.717) is 17.6 Å². The Morgan fingerprint density at radius 1 is 1.26 bits per heavy atom. The number of aryl methyl sites for hydroxylation is 2. The Morgan fingerprint density at radius 3 is 2.83 bits per heavy atom. The number of hydrogen-bond acceptors (Lipinski definition) is 4. The van der Waals surface area contributed by atoms with E-state index in [4.69, 9.17) is 16.6 Å². The van der Waals surface area contributed by atoms with Gasteiger partial charge in [0.05, 0.1) is 17.6 Å². The average molecular weight is 328 g/mol. The summed E-state index contributed by atoms with van der Waals surface area (Å²) in [5, 5.41) is 3.82. The molecular weight excluding hydrogens is 310 g/mol. The second-order valence-electron chi connectivity index (χ2n) is 6.09. The maximum atomic E-state index is 6.11. The number of nitrogens with zero attached hydrogens (tertiary/aromatic N) is 4. The van der Waals surface area contributed by atoms with Gasteiger partial charge in [-0.2, -0.15) is 0 Å². The van der Waals surface area contributed by atoms with Gasteiger partial charge in [-0.25, -0.2) is 15.0 Å². The number of rotatable bonds is 4. The van der Waals surface area contributed by atoms with Crippen molar-refractivity contribution in [2.45, 2.75) is 32.2 Å². The highest BCUT2D eigenvalue weighted by atomic mass is 35.5. The summed E-state index contributed by atoms with van der Waals surface area (Å²) in [6.07, 6.45) is 2.31. The Hall–Kier alpha value is -2.14. The number of fused-ring (bicyclic) bond motifs is 1. The highest BCUT2D eigenvalue weighted by Gasteiger charge is 2.27. The Bertz CT molecular complexity index is 882. The van der Waals surface area contributed by atoms with Gasteiger partial charge in [0.15, 0.2) is 0 Å². The maximum Gasteiger partial charge on any atom is 0.135 e. The van der Waals surface area contributed by atoms with Crippen molar-refractivity contribution >= 4 is 28.5 Å². The van der Waals surface area contributed by atoms with Crippen LogP contribution in [0.5, 0.6) is 0 Å². The van der Waals surface area contributed by atoms with E-state index in [1.54, 1.807) is 6.07 Å². The fourth-order valence-electron chi connectivity index (χ4n) is 2.89. The van der Waals surface area contributed by atoms with Crippen LogP contribution >= 0.6 is 11.6 Å². The molecule has 1 fully saturated rings. The van der Waals surface area contributed by atoms with Gasteiger partial charge in [-0.05, 0) is 31.4 Å². The Labute approximate surface area is 139 Å². The molecule has 6 heteroatoms. The van der Waals surface area contributed by atoms with Gasteiger partial charge in [0.2, 0.25) is 0 Å². The number of para-hydroxylation sites is 1. The summed E-state index contributed by atoms with van der Waals surface area (Å²) in [5.41, 5.74) is 3.41. The lowest BCUT2D eigenvalue weighted by molar-refractivity contribution is 0.826. The first-order valence-corrected chi connectivity index (χ1v) is 8.19. The molecule has 1 N–H and O–H groups in total. The van der Waals surface area contributed by atoms with Gasteiger partial charge in [-0.1, -0.05) is 23.7 Å². The third-order valence-electron chi connectivity index (χ3n) is 4.27. The molecule has 0 spiro atoms. The van der Waals surface area contributed by atoms with Crippen LogP contribution in [0.1, 0.15) is 36.0 Å². The zero-order valence-electron chi connectivity index (χ0n) is 13.2. The molecule has 4 rings (SSSR count). The van der Waals surface area contributed by atoms with Gasteiger partial charge in [0.25, 0.3) is 0 Å². The molecule has 0 aliphatic heterocycles. The van der Waals surface area contributed by atoms with Gasteiger partial charge >= 0.3 is 0 Å². The van der Waals surface area contributed by atoms with Crippen LogP contribution in [0.4, 0.5) is 5.82 Å². The van der Waals surface area contributed by atoms with E-state index in [0.717, 1.165) is 35.8 Å². The van der Waals surface area contributed by atoms with Crippen molar-refractivity contribution in [3.63, 3.8) is 0 Å². The molecule has 1 aliphatic carbocycles. The van der Waals surface area contributed by atoms with Crippen molar-refractivity contribution in [3.05, 3.63) is 46.6 Å². The predicted octanol–water partition coefficient (Wildman–Crippen LogP) is 3.81. The average Bonchev–Trinajstić information content (AvgIpc) is 3.31. The van der Waals surface area contributed by atoms with Crippen molar-refractivity contribution in [1.29, 1.82) is 0 Å². The summed E-state index contributed by atoms with van der Waals surface area (Å²) < 4.78 is 2.13. The molecular formula is C17H18ClN5. The molecule has 0 radical (unpaired) electrons. The van der Waals surface area contributed by atoms with Crippen LogP contribution in [0.15, 0.2) is 24.3 Å². The molecule has 5 nitrogen and oxygen atoms in total. The molecule has 1 saturated carbocycles. The molecule has 2 heterocycles. The number of hydrogen-bond donors (Lipinski definition) is 1. The van der Waals surface area contributed by atoms with Crippen LogP contribution in [0.3, 0.4) is 0 Å². The first-order valence-electron chi connectivity index (χ1n) is 7.81. The van der Waals surface area contributed by atoms with Crippen molar-refractivity contribution < 1.29 is 0 Å². The number of imidazole rings is 1. The van der Waals surface area contributed by atoms with E-state index in [1.165, 1.54) is 11.1 Å². The molecule has 0 atom stereocenters. The molecule has 0 unspecified atom stereocenters. The predicted molar refractivity (Wildman–Crippen MR) is 91.8 cm³/mol. The minimum Gasteiger partial charge on any atom is -0.363 e. The van der Waals surface area contributed by atoms with Crippen molar-refractivity contribution in [2.24, 2.45) is 7.05 Å². The van der Waals surface area contributed by atoms with E-state index in [-0.39, 0.29) is 0 Å². The zero-order valence-corrected chi connectivity index (χ0v) is 13.9. The summed E-state index contributed by atoms with van der Waals surface area (Å²) in [6, 6.07) is 7.95. The van der Waals surface area contributed by atoms with E-state index in [2.05, 4.69) is 32.8 Å². The van der Waals surface area contributed by atoms with Crippen LogP contribution < -0.4 is 5.32 Å². The molecule has 118 valence electrons. The second-order valence-corrected chi connectivity index (χ2v) is 6.48. The summed E-state index contributed by atoms with van der Waals surface area (Å²) in [7, 11) is 2.04. The van der Waals surface area contributed by atoms with E-state index < -0.39 is 0 Å². The monoisotopic (exact) mass is 327 g/mol. The quantitative estimate of drug-likeness (QED) is 0.740. The van der Waals surface area contributed by atoms with E-state index in [1.807, 2.05) is 19.2 Å². The topological polar surface area (TPSA) is 55.6 Å². The molecule has 0 saturated heterocycles. The first-order chi connectivity index (χ1) is 11.1. The first kappa shape index (κ1) is 14.5. The van der Waals surface area contributed by atoms with Crippen LogP contribution in [-0.4, -0.2) is 19.5 Å². The van der Waals surface area contributed by atoms with Crippen molar-refractivity contribution in [1.82, 2.24) is 19.5 Å². The minimum atomic E-state index is 0.479. The lowest BCUT2D eigenvalue weighted by Gasteiger charge is -2.08. The lowest BCUT2D eigenvalue weighted by Crippen LogP contribution is -2.08. The number of benzene rings is 1. The van der Waals surface area contributed by atoms with Gasteiger partial charge in [0, 0.05) is 19.0 Å². The van der Waals surface area contributed by atoms with Gasteiger partial charge in [-0.3, -0.25) is 0 Å². The summed E-state index contributed by atoms with van der Waals surface area (Å²) in [6.45, 7) is 2.70. The lowest BCUT2D eigenvalue weighted by atomic mass is 10.2. The fraction of sp³-hybridized carbons (Fsp3) is 0.353. The second kappa shape index (κ2) is 5.49. The standard InChI is InChI=1S/C17H18ClN5/c1-10-4-3-5-12-16(10)23(2)15(20-12)9-19-14-8-13(18)21-17(22-14)11-6-7-11/h3-5,8,11H,6-7,9H2,1-2H3,(H,19,21,22). The molecule has 2 aromatic heterocycles. The number of anilines is 1. The van der Waals surface area contributed by atoms with Crippen molar-refractivity contribution in [2.75, 3.05) is 5.32 Å². The third-order valence-corrected chi connectivity index (χ3v) is 4.46. The van der Waals surface area contributed by atoms with Crippen molar-refractivity contribution in [3.8, 4) is 0 Å². The largest absolute Gasteiger partial charge is 0.363 e. The normalized spacial score (nSPS) is 14.4. The zero-order chi connectivity index (χ0) is 16.0. The fourth-order valence-corrected chi connectivity index (χ4v) is 3.08. The molecule has 1 aromatic carbocycles. The molecule has 0 amide bonds. The molecule has 23 heavy (non-hydrogen) atoms. The molecule has 0 bridgehead atoms. The maximum absolute atomic E-state index is 6.11. The van der Waals surface area contributed by atoms with Crippen LogP contribution in [-0.2, 0) is 13.6 Å². The summed E-state index contributed by atoms with van der Waals surface area (Å²) in [5.74, 6) is 3.06. The third kappa shape index (κ3) is 2.77. The van der Waals surface area contributed by atoms with Crippen LogP contribution in [0.2, 0.25) is 5.15 Å². The Morgan fingerprint density at radius 2 is 2.09 bits per heavy atom. The summed E-state index contributed by atoms with van der Waals surface area (Å²) in [4.78, 5) is 13.6. The Kier molecular flexibility index (Phi) is 3.45. The summed E-state index contributed by atoms with van der Waals surface area (Å²) >= 11 is 6.11. The van der Waals surface area contributed by atoms with Crippen LogP contribution in [0, 0.1) is 6.92 Å². The highest BCUT2D eigenvalue weighted by Crippen LogP contribution is 2.38. The van der Waals surface area contributed by atoms with Crippen LogP contribution in [0.25, 0.3) is 11.0 Å².